The van der Waals surface area contributed by atoms with Gasteiger partial charge in [0.05, 0.1) is 24.2 Å². The van der Waals surface area contributed by atoms with Gasteiger partial charge in [0, 0.05) is 13.6 Å². The van der Waals surface area contributed by atoms with Crippen molar-refractivity contribution >= 4 is 44.0 Å². The van der Waals surface area contributed by atoms with E-state index in [1.807, 2.05) is 30.3 Å². The van der Waals surface area contributed by atoms with E-state index in [0.717, 1.165) is 27.5 Å². The molecule has 4 rings (SSSR count). The quantitative estimate of drug-likeness (QED) is 0.557. The van der Waals surface area contributed by atoms with Crippen molar-refractivity contribution in [2.75, 3.05) is 29.1 Å². The van der Waals surface area contributed by atoms with Gasteiger partial charge in [0.25, 0.3) is 11.8 Å². The van der Waals surface area contributed by atoms with E-state index in [0.29, 0.717) is 28.6 Å². The maximum atomic E-state index is 13.6. The van der Waals surface area contributed by atoms with Crippen molar-refractivity contribution in [2.45, 2.75) is 19.6 Å². The number of fused-ring (bicyclic) bond motifs is 1. The van der Waals surface area contributed by atoms with Gasteiger partial charge in [-0.1, -0.05) is 53.8 Å². The third-order valence-corrected chi connectivity index (χ3v) is 7.87. The average Bonchev–Trinajstić information content (AvgIpc) is 3.22. The number of nitrogens with zero attached hydrogens (tertiary/aromatic N) is 3. The predicted octanol–water partition coefficient (Wildman–Crippen LogP) is 2.57. The highest BCUT2D eigenvalue weighted by molar-refractivity contribution is 7.92. The number of carbonyl (C=O) groups excluding carboxylic acids is 2. The second-order valence-electron chi connectivity index (χ2n) is 7.83. The number of hydrogen-bond acceptors (Lipinski definition) is 7. The zero-order valence-corrected chi connectivity index (χ0v) is 20.5. The van der Waals surface area contributed by atoms with Crippen molar-refractivity contribution < 1.29 is 22.7 Å². The molecule has 11 heteroatoms. The molecule has 2 heterocycles. The Balaban J connectivity index is 1.59. The van der Waals surface area contributed by atoms with Crippen molar-refractivity contribution in [3.63, 3.8) is 0 Å². The van der Waals surface area contributed by atoms with Gasteiger partial charge in [0.1, 0.15) is 10.6 Å². The monoisotopic (exact) mass is 500 g/mol. The average molecular weight is 501 g/mol. The molecule has 2 amide bonds. The zero-order chi connectivity index (χ0) is 24.5. The summed E-state index contributed by atoms with van der Waals surface area (Å²) in [6, 6.07) is 16.5. The summed E-state index contributed by atoms with van der Waals surface area (Å²) in [5, 5.41) is 3.06. The lowest BCUT2D eigenvalue weighted by atomic mass is 10.1. The number of rotatable bonds is 6. The number of nitrogens with one attached hydrogen (secondary N) is 1. The van der Waals surface area contributed by atoms with Crippen LogP contribution in [0.4, 0.5) is 10.8 Å². The van der Waals surface area contributed by atoms with Crippen LogP contribution in [0.25, 0.3) is 0 Å². The standard InChI is InChI=1S/C23H24N4O5S2/c1-15-20(33-23(25-15)26(2)34(3,30)31)22(29)27-14-19(32-18-12-8-7-11-17(18)27)21(28)24-13-16-9-5-4-6-10-16/h4-12,19H,13-14H2,1-3H3,(H,24,28)/t19-/m1/s1. The van der Waals surface area contributed by atoms with Crippen LogP contribution in [-0.4, -0.2) is 51.2 Å². The molecule has 9 nitrogen and oxygen atoms in total. The van der Waals surface area contributed by atoms with Crippen molar-refractivity contribution in [3.8, 4) is 5.75 Å². The molecule has 0 saturated carbocycles. The normalized spacial score (nSPS) is 15.3. The molecule has 0 spiro atoms. The molecule has 0 aliphatic carbocycles. The maximum Gasteiger partial charge on any atom is 0.270 e. The summed E-state index contributed by atoms with van der Waals surface area (Å²) >= 11 is 0.991. The van der Waals surface area contributed by atoms with E-state index in [-0.39, 0.29) is 23.5 Å². The van der Waals surface area contributed by atoms with Gasteiger partial charge in [-0.05, 0) is 24.6 Å². The topological polar surface area (TPSA) is 109 Å². The lowest BCUT2D eigenvalue weighted by Crippen LogP contribution is -2.50. The van der Waals surface area contributed by atoms with Crippen LogP contribution in [0.2, 0.25) is 0 Å². The first-order valence-electron chi connectivity index (χ1n) is 10.5. The van der Waals surface area contributed by atoms with E-state index in [4.69, 9.17) is 4.74 Å². The number of anilines is 2. The van der Waals surface area contributed by atoms with Crippen LogP contribution < -0.4 is 19.3 Å². The number of para-hydroxylation sites is 2. The minimum Gasteiger partial charge on any atom is -0.477 e. The fourth-order valence-corrected chi connectivity index (χ4v) is 5.17. The molecule has 0 unspecified atom stereocenters. The Kier molecular flexibility index (Phi) is 6.58. The van der Waals surface area contributed by atoms with Gasteiger partial charge in [-0.15, -0.1) is 0 Å². The Morgan fingerprint density at radius 2 is 1.85 bits per heavy atom. The van der Waals surface area contributed by atoms with Crippen LogP contribution in [0.5, 0.6) is 5.75 Å². The van der Waals surface area contributed by atoms with Gasteiger partial charge in [0.2, 0.25) is 10.0 Å². The van der Waals surface area contributed by atoms with E-state index in [9.17, 15) is 18.0 Å². The molecule has 0 saturated heterocycles. The van der Waals surface area contributed by atoms with Crippen molar-refractivity contribution in [1.82, 2.24) is 10.3 Å². The van der Waals surface area contributed by atoms with Crippen molar-refractivity contribution in [1.29, 1.82) is 0 Å². The van der Waals surface area contributed by atoms with E-state index >= 15 is 0 Å². The summed E-state index contributed by atoms with van der Waals surface area (Å²) in [5.74, 6) is -0.299. The fourth-order valence-electron chi connectivity index (χ4n) is 3.44. The summed E-state index contributed by atoms with van der Waals surface area (Å²) in [7, 11) is -2.14. The smallest absolute Gasteiger partial charge is 0.270 e. The fraction of sp³-hybridized carbons (Fsp3) is 0.261. The molecule has 0 fully saturated rings. The molecular weight excluding hydrogens is 476 g/mol. The largest absolute Gasteiger partial charge is 0.477 e. The van der Waals surface area contributed by atoms with E-state index < -0.39 is 16.1 Å². The van der Waals surface area contributed by atoms with Gasteiger partial charge in [-0.2, -0.15) is 0 Å². The maximum absolute atomic E-state index is 13.6. The number of aryl methyl sites for hydroxylation is 1. The highest BCUT2D eigenvalue weighted by Crippen LogP contribution is 2.36. The third kappa shape index (κ3) is 4.90. The highest BCUT2D eigenvalue weighted by atomic mass is 32.2. The number of thiazole rings is 1. The summed E-state index contributed by atoms with van der Waals surface area (Å²) in [6.45, 7) is 2.00. The molecule has 3 aromatic rings. The first-order valence-corrected chi connectivity index (χ1v) is 13.1. The lowest BCUT2D eigenvalue weighted by Gasteiger charge is -2.34. The molecule has 1 aromatic heterocycles. The first-order chi connectivity index (χ1) is 16.1. The van der Waals surface area contributed by atoms with Crippen molar-refractivity contribution in [2.24, 2.45) is 0 Å². The minimum atomic E-state index is -3.52. The van der Waals surface area contributed by atoms with Gasteiger partial charge >= 0.3 is 0 Å². The number of amides is 2. The second kappa shape index (κ2) is 9.43. The Hall–Kier alpha value is -3.44. The number of ether oxygens (including phenoxy) is 1. The molecular formula is C23H24N4O5S2. The number of hydrogen-bond donors (Lipinski definition) is 1. The second-order valence-corrected chi connectivity index (χ2v) is 10.8. The van der Waals surface area contributed by atoms with Crippen LogP contribution in [0.15, 0.2) is 54.6 Å². The molecule has 2 aromatic carbocycles. The Bertz CT molecular complexity index is 1320. The molecule has 1 atom stereocenters. The summed E-state index contributed by atoms with van der Waals surface area (Å²) in [4.78, 5) is 32.5. The predicted molar refractivity (Wildman–Crippen MR) is 131 cm³/mol. The molecule has 0 bridgehead atoms. The summed E-state index contributed by atoms with van der Waals surface area (Å²) in [6.07, 6.45) is 0.163. The van der Waals surface area contributed by atoms with Crippen molar-refractivity contribution in [3.05, 3.63) is 70.7 Å². The first kappa shape index (κ1) is 23.7. The molecule has 1 aliphatic heterocycles. The lowest BCUT2D eigenvalue weighted by molar-refractivity contribution is -0.127. The zero-order valence-electron chi connectivity index (χ0n) is 18.9. The SMILES string of the molecule is Cc1nc(N(C)S(C)(=O)=O)sc1C(=O)N1C[C@H](C(=O)NCc2ccccc2)Oc2ccccc21. The summed E-state index contributed by atoms with van der Waals surface area (Å²) in [5.41, 5.74) is 1.89. The molecule has 1 N–H and O–H groups in total. The minimum absolute atomic E-state index is 0.00502. The van der Waals surface area contributed by atoms with Gasteiger partial charge in [-0.25, -0.2) is 17.7 Å². The van der Waals surface area contributed by atoms with Gasteiger partial charge in [-0.3, -0.25) is 14.5 Å². The highest BCUT2D eigenvalue weighted by Gasteiger charge is 2.35. The van der Waals surface area contributed by atoms with Crippen LogP contribution in [0.3, 0.4) is 0 Å². The Morgan fingerprint density at radius 3 is 2.56 bits per heavy atom. The molecule has 0 radical (unpaired) electrons. The molecule has 34 heavy (non-hydrogen) atoms. The number of aromatic nitrogens is 1. The number of sulfonamides is 1. The van der Waals surface area contributed by atoms with E-state index in [1.165, 1.54) is 11.9 Å². The summed E-state index contributed by atoms with van der Waals surface area (Å²) < 4.78 is 30.8. The van der Waals surface area contributed by atoms with Crippen LogP contribution in [0.1, 0.15) is 20.9 Å². The Morgan fingerprint density at radius 1 is 1.18 bits per heavy atom. The Labute approximate surface area is 202 Å². The van der Waals surface area contributed by atoms with E-state index in [2.05, 4.69) is 10.3 Å². The number of carbonyl (C=O) groups is 2. The van der Waals surface area contributed by atoms with Crippen LogP contribution in [0, 0.1) is 6.92 Å². The third-order valence-electron chi connectivity index (χ3n) is 5.37. The number of benzene rings is 2. The van der Waals surface area contributed by atoms with E-state index in [1.54, 1.807) is 31.2 Å². The van der Waals surface area contributed by atoms with Crippen LogP contribution in [-0.2, 0) is 21.4 Å². The molecule has 1 aliphatic rings. The van der Waals surface area contributed by atoms with Gasteiger partial charge < -0.3 is 10.1 Å². The van der Waals surface area contributed by atoms with Gasteiger partial charge in [0.15, 0.2) is 11.2 Å². The van der Waals surface area contributed by atoms with Crippen LogP contribution >= 0.6 is 11.3 Å². The molecule has 178 valence electrons.